The molecule has 4 aliphatic rings. The summed E-state index contributed by atoms with van der Waals surface area (Å²) in [7, 11) is 0. The van der Waals surface area contributed by atoms with Gasteiger partial charge in [0.25, 0.3) is 5.91 Å². The minimum atomic E-state index is -1.07. The molecule has 7 heteroatoms. The smallest absolute Gasteiger partial charge is 0.255 e. The lowest BCUT2D eigenvalue weighted by Gasteiger charge is -2.42. The highest BCUT2D eigenvalue weighted by Gasteiger charge is 2.51. The van der Waals surface area contributed by atoms with Gasteiger partial charge in [-0.15, -0.1) is 0 Å². The number of Topliss-reactive ketones (excluding diaryl/α,β-unsaturated/α-hetero) is 2. The van der Waals surface area contributed by atoms with Crippen molar-refractivity contribution in [3.8, 4) is 5.75 Å². The summed E-state index contributed by atoms with van der Waals surface area (Å²) in [4.78, 5) is 37.3. The van der Waals surface area contributed by atoms with E-state index in [1.54, 1.807) is 6.07 Å². The van der Waals surface area contributed by atoms with Crippen LogP contribution in [-0.2, 0) is 20.8 Å². The summed E-state index contributed by atoms with van der Waals surface area (Å²) < 4.78 is 0. The first kappa shape index (κ1) is 18.9. The molecule has 5 rings (SSSR count). The van der Waals surface area contributed by atoms with Gasteiger partial charge in [-0.05, 0) is 60.6 Å². The Labute approximate surface area is 172 Å². The number of carbonyl (C=O) groups is 3. The first-order chi connectivity index (χ1) is 14.3. The van der Waals surface area contributed by atoms with E-state index in [1.807, 2.05) is 6.07 Å². The van der Waals surface area contributed by atoms with E-state index >= 15 is 0 Å². The number of benzene rings is 1. The molecule has 0 bridgehead atoms. The molecule has 0 aliphatic heterocycles. The van der Waals surface area contributed by atoms with Gasteiger partial charge in [-0.2, -0.15) is 0 Å². The maximum Gasteiger partial charge on any atom is 0.255 e. The fourth-order valence-corrected chi connectivity index (χ4v) is 5.77. The van der Waals surface area contributed by atoms with Crippen LogP contribution in [0, 0.1) is 17.8 Å². The summed E-state index contributed by atoms with van der Waals surface area (Å²) in [5.74, 6) is -4.46. The van der Waals surface area contributed by atoms with E-state index in [4.69, 9.17) is 5.73 Å². The van der Waals surface area contributed by atoms with Crippen LogP contribution in [0.2, 0.25) is 0 Å². The second-order valence-electron chi connectivity index (χ2n) is 8.91. The van der Waals surface area contributed by atoms with Crippen LogP contribution in [0.4, 0.5) is 0 Å². The number of phenols is 1. The van der Waals surface area contributed by atoms with Gasteiger partial charge in [0.2, 0.25) is 0 Å². The third-order valence-electron chi connectivity index (χ3n) is 7.35. The van der Waals surface area contributed by atoms with Gasteiger partial charge < -0.3 is 21.1 Å². The molecule has 2 fully saturated rings. The molecule has 1 unspecified atom stereocenters. The molecule has 0 radical (unpaired) electrons. The second kappa shape index (κ2) is 6.45. The van der Waals surface area contributed by atoms with Crippen molar-refractivity contribution in [1.82, 2.24) is 0 Å². The predicted molar refractivity (Wildman–Crippen MR) is 107 cm³/mol. The SMILES string of the molecule is NC(=O)C1=C(O)C2C(=O)C3=C(O)c4c(O)ccc(C5CCC5)c4C[C@H]3C[C@H]2CC1=O. The molecule has 30 heavy (non-hydrogen) atoms. The number of carbonyl (C=O) groups excluding carboxylic acids is 3. The molecule has 0 saturated heterocycles. The summed E-state index contributed by atoms with van der Waals surface area (Å²) in [5.41, 5.74) is 7.15. The number of allylic oxidation sites excluding steroid dienone is 2. The molecular formula is C23H23NO6. The van der Waals surface area contributed by atoms with Crippen molar-refractivity contribution in [2.75, 3.05) is 0 Å². The second-order valence-corrected chi connectivity index (χ2v) is 8.91. The van der Waals surface area contributed by atoms with Gasteiger partial charge in [-0.3, -0.25) is 14.4 Å². The first-order valence-electron chi connectivity index (χ1n) is 10.4. The minimum absolute atomic E-state index is 0.0361. The number of hydrogen-bond donors (Lipinski definition) is 4. The Bertz CT molecular complexity index is 1080. The van der Waals surface area contributed by atoms with Crippen LogP contribution in [0.5, 0.6) is 5.75 Å². The number of ketones is 2. The van der Waals surface area contributed by atoms with Crippen molar-refractivity contribution >= 4 is 23.2 Å². The van der Waals surface area contributed by atoms with Crippen molar-refractivity contribution in [2.24, 2.45) is 23.5 Å². The van der Waals surface area contributed by atoms with Crippen LogP contribution in [0.1, 0.15) is 54.7 Å². The third kappa shape index (κ3) is 2.47. The van der Waals surface area contributed by atoms with Gasteiger partial charge in [0.15, 0.2) is 11.6 Å². The Kier molecular flexibility index (Phi) is 4.07. The van der Waals surface area contributed by atoms with Crippen molar-refractivity contribution in [3.63, 3.8) is 0 Å². The van der Waals surface area contributed by atoms with Crippen molar-refractivity contribution in [2.45, 2.75) is 44.4 Å². The molecule has 1 amide bonds. The van der Waals surface area contributed by atoms with Gasteiger partial charge >= 0.3 is 0 Å². The van der Waals surface area contributed by atoms with E-state index in [-0.39, 0.29) is 29.4 Å². The summed E-state index contributed by atoms with van der Waals surface area (Å²) in [6.07, 6.45) is 4.15. The number of primary amides is 1. The van der Waals surface area contributed by atoms with Crippen LogP contribution < -0.4 is 5.73 Å². The van der Waals surface area contributed by atoms with Crippen LogP contribution in [0.3, 0.4) is 0 Å². The number of phenolic OH excluding ortho intramolecular Hbond substituents is 1. The van der Waals surface area contributed by atoms with Gasteiger partial charge in [0.1, 0.15) is 22.8 Å². The molecule has 0 heterocycles. The molecular weight excluding hydrogens is 386 g/mol. The Balaban J connectivity index is 1.65. The molecule has 1 aromatic carbocycles. The lowest BCUT2D eigenvalue weighted by atomic mass is 9.61. The zero-order chi connectivity index (χ0) is 21.3. The topological polar surface area (TPSA) is 138 Å². The summed E-state index contributed by atoms with van der Waals surface area (Å²) in [5, 5.41) is 32.1. The van der Waals surface area contributed by atoms with E-state index in [0.717, 1.165) is 30.4 Å². The highest BCUT2D eigenvalue weighted by molar-refractivity contribution is 6.21. The van der Waals surface area contributed by atoms with Crippen LogP contribution in [-0.4, -0.2) is 32.8 Å². The fourth-order valence-electron chi connectivity index (χ4n) is 5.77. The van der Waals surface area contributed by atoms with E-state index < -0.39 is 40.6 Å². The number of amides is 1. The minimum Gasteiger partial charge on any atom is -0.511 e. The van der Waals surface area contributed by atoms with Crippen LogP contribution >= 0.6 is 0 Å². The largest absolute Gasteiger partial charge is 0.511 e. The number of fused-ring (bicyclic) bond motifs is 3. The number of nitrogens with two attached hydrogens (primary N) is 1. The number of rotatable bonds is 2. The molecule has 5 N–H and O–H groups in total. The Morgan fingerprint density at radius 1 is 1.03 bits per heavy atom. The number of hydrogen-bond acceptors (Lipinski definition) is 6. The van der Waals surface area contributed by atoms with Crippen molar-refractivity contribution < 1.29 is 29.7 Å². The number of aliphatic hydroxyl groups is 2. The average molecular weight is 409 g/mol. The normalized spacial score (nSPS) is 28.6. The molecule has 2 saturated carbocycles. The number of aromatic hydroxyl groups is 1. The molecule has 1 aromatic rings. The fraction of sp³-hybridized carbons (Fsp3) is 0.435. The quantitative estimate of drug-likeness (QED) is 0.554. The Hall–Kier alpha value is -3.09. The molecule has 0 spiro atoms. The highest BCUT2D eigenvalue weighted by Crippen LogP contribution is 2.52. The van der Waals surface area contributed by atoms with Gasteiger partial charge in [0.05, 0.1) is 11.5 Å². The highest BCUT2D eigenvalue weighted by atomic mass is 16.3. The van der Waals surface area contributed by atoms with E-state index in [0.29, 0.717) is 24.3 Å². The maximum absolute atomic E-state index is 13.3. The zero-order valence-corrected chi connectivity index (χ0v) is 16.4. The molecule has 7 nitrogen and oxygen atoms in total. The van der Waals surface area contributed by atoms with Crippen LogP contribution in [0.15, 0.2) is 29.0 Å². The lowest BCUT2D eigenvalue weighted by molar-refractivity contribution is -0.127. The molecule has 0 aromatic heterocycles. The molecule has 4 aliphatic carbocycles. The van der Waals surface area contributed by atoms with Gasteiger partial charge in [0, 0.05) is 12.0 Å². The first-order valence-corrected chi connectivity index (χ1v) is 10.4. The maximum atomic E-state index is 13.3. The summed E-state index contributed by atoms with van der Waals surface area (Å²) in [6.45, 7) is 0. The van der Waals surface area contributed by atoms with Crippen LogP contribution in [0.25, 0.3) is 5.76 Å². The standard InChI is InChI=1S/C23H23NO6/c24-23(30)19-15(26)8-11-6-10-7-13-12(9-2-1-3-9)4-5-14(25)18(13)21(28)16(10)20(27)17(11)22(19)29/h4-5,9-11,17,25,28-29H,1-3,6-8H2,(H2,24,30)/t10-,11+,17?/m1/s1. The monoisotopic (exact) mass is 409 g/mol. The Morgan fingerprint density at radius 3 is 2.40 bits per heavy atom. The lowest BCUT2D eigenvalue weighted by Crippen LogP contribution is -2.44. The molecule has 156 valence electrons. The van der Waals surface area contributed by atoms with Gasteiger partial charge in [-0.25, -0.2) is 0 Å². The van der Waals surface area contributed by atoms with E-state index in [2.05, 4.69) is 0 Å². The van der Waals surface area contributed by atoms with Crippen molar-refractivity contribution in [3.05, 3.63) is 45.7 Å². The third-order valence-corrected chi connectivity index (χ3v) is 7.35. The Morgan fingerprint density at radius 2 is 1.77 bits per heavy atom. The summed E-state index contributed by atoms with van der Waals surface area (Å²) in [6, 6.07) is 3.46. The van der Waals surface area contributed by atoms with Crippen molar-refractivity contribution in [1.29, 1.82) is 0 Å². The van der Waals surface area contributed by atoms with E-state index in [1.165, 1.54) is 0 Å². The average Bonchev–Trinajstić information content (AvgIpc) is 2.61. The van der Waals surface area contributed by atoms with E-state index in [9.17, 15) is 29.7 Å². The predicted octanol–water partition coefficient (Wildman–Crippen LogP) is 2.58. The summed E-state index contributed by atoms with van der Waals surface area (Å²) >= 11 is 0. The molecule has 3 atom stereocenters. The number of aliphatic hydroxyl groups excluding tert-OH is 2. The van der Waals surface area contributed by atoms with Gasteiger partial charge in [-0.1, -0.05) is 12.5 Å². The zero-order valence-electron chi connectivity index (χ0n) is 16.4.